The third-order valence-corrected chi connectivity index (χ3v) is 8.27. The van der Waals surface area contributed by atoms with Crippen LogP contribution >= 0.6 is 0 Å². The van der Waals surface area contributed by atoms with Gasteiger partial charge in [0.05, 0.1) is 16.8 Å². The summed E-state index contributed by atoms with van der Waals surface area (Å²) in [6.07, 6.45) is 11.7. The monoisotopic (exact) mass is 411 g/mol. The highest BCUT2D eigenvalue weighted by molar-refractivity contribution is 6.07. The molecule has 31 heavy (non-hydrogen) atoms. The van der Waals surface area contributed by atoms with E-state index < -0.39 is 0 Å². The fourth-order valence-corrected chi connectivity index (χ4v) is 7.16. The Morgan fingerprint density at radius 1 is 1.03 bits per heavy atom. The van der Waals surface area contributed by atoms with Crippen LogP contribution in [0, 0.1) is 23.2 Å². The van der Waals surface area contributed by atoms with E-state index in [0.717, 1.165) is 39.9 Å². The first-order valence-electron chi connectivity index (χ1n) is 11.7. The number of nitrogens with zero attached hydrogens (tertiary/aromatic N) is 2. The molecule has 2 aromatic heterocycles. The number of hydrogen-bond donors (Lipinski definition) is 1. The molecule has 0 unspecified atom stereocenters. The average Bonchev–Trinajstić information content (AvgIpc) is 2.78. The summed E-state index contributed by atoms with van der Waals surface area (Å²) in [5.41, 5.74) is 3.56. The van der Waals surface area contributed by atoms with Gasteiger partial charge in [-0.05, 0) is 92.9 Å². The number of hydrogen-bond acceptors (Lipinski definition) is 3. The number of carbonyl (C=O) groups excluding carboxylic acids is 1. The number of aromatic nitrogens is 2. The Balaban J connectivity index is 1.34. The summed E-state index contributed by atoms with van der Waals surface area (Å²) in [7, 11) is 0. The third-order valence-electron chi connectivity index (χ3n) is 8.27. The first-order valence-corrected chi connectivity index (χ1v) is 11.7. The third kappa shape index (κ3) is 3.24. The Labute approximate surface area is 183 Å². The molecule has 1 N–H and O–H groups in total. The van der Waals surface area contributed by atoms with Gasteiger partial charge in [-0.15, -0.1) is 0 Å². The lowest BCUT2D eigenvalue weighted by Crippen LogP contribution is -2.55. The second-order valence-electron chi connectivity index (χ2n) is 10.3. The predicted octanol–water partition coefficient (Wildman–Crippen LogP) is 5.63. The Morgan fingerprint density at radius 3 is 2.42 bits per heavy atom. The van der Waals surface area contributed by atoms with Crippen molar-refractivity contribution >= 4 is 16.8 Å². The van der Waals surface area contributed by atoms with Gasteiger partial charge >= 0.3 is 0 Å². The first kappa shape index (κ1) is 19.0. The molecule has 4 aliphatic carbocycles. The van der Waals surface area contributed by atoms with Crippen molar-refractivity contribution in [2.75, 3.05) is 0 Å². The summed E-state index contributed by atoms with van der Waals surface area (Å²) < 4.78 is 0. The van der Waals surface area contributed by atoms with Crippen LogP contribution < -0.4 is 5.32 Å². The van der Waals surface area contributed by atoms with E-state index in [-0.39, 0.29) is 11.9 Å². The number of para-hydroxylation sites is 1. The van der Waals surface area contributed by atoms with Crippen LogP contribution in [0.4, 0.5) is 0 Å². The maximum absolute atomic E-state index is 13.6. The molecule has 4 nitrogen and oxygen atoms in total. The molecule has 4 saturated carbocycles. The molecule has 1 amide bonds. The highest BCUT2D eigenvalue weighted by Crippen LogP contribution is 2.61. The zero-order chi connectivity index (χ0) is 21.0. The van der Waals surface area contributed by atoms with Crippen molar-refractivity contribution in [2.45, 2.75) is 51.5 Å². The normalized spacial score (nSPS) is 29.8. The minimum absolute atomic E-state index is 0.0204. The van der Waals surface area contributed by atoms with Gasteiger partial charge in [0, 0.05) is 29.4 Å². The van der Waals surface area contributed by atoms with Crippen LogP contribution in [0.1, 0.15) is 55.8 Å². The number of amides is 1. The van der Waals surface area contributed by atoms with Crippen molar-refractivity contribution in [1.29, 1.82) is 0 Å². The van der Waals surface area contributed by atoms with Crippen molar-refractivity contribution in [3.63, 3.8) is 0 Å². The van der Waals surface area contributed by atoms with E-state index in [1.165, 1.54) is 38.5 Å². The molecule has 4 heteroatoms. The summed E-state index contributed by atoms with van der Waals surface area (Å²) in [5, 5.41) is 4.35. The molecule has 4 aliphatic rings. The number of fused-ring (bicyclic) bond motifs is 1. The number of nitrogens with one attached hydrogen (secondary N) is 1. The molecule has 4 bridgehead atoms. The Hall–Kier alpha value is -2.75. The number of pyridine rings is 2. The van der Waals surface area contributed by atoms with E-state index in [1.807, 2.05) is 42.5 Å². The first-order chi connectivity index (χ1) is 15.1. The van der Waals surface area contributed by atoms with Gasteiger partial charge in [-0.2, -0.15) is 0 Å². The highest BCUT2D eigenvalue weighted by Gasteiger charge is 2.53. The van der Waals surface area contributed by atoms with Gasteiger partial charge in [0.2, 0.25) is 0 Å². The van der Waals surface area contributed by atoms with Gasteiger partial charge in [0.15, 0.2) is 0 Å². The molecule has 0 spiro atoms. The van der Waals surface area contributed by atoms with Crippen LogP contribution in [0.25, 0.3) is 22.2 Å². The maximum Gasteiger partial charge on any atom is 0.252 e. The summed E-state index contributed by atoms with van der Waals surface area (Å²) in [6.45, 7) is 2.25. The van der Waals surface area contributed by atoms with Crippen LogP contribution in [-0.2, 0) is 0 Å². The summed E-state index contributed by atoms with van der Waals surface area (Å²) in [6, 6.07) is 14.0. The molecule has 1 atom stereocenters. The number of rotatable bonds is 4. The van der Waals surface area contributed by atoms with E-state index in [9.17, 15) is 4.79 Å². The second-order valence-corrected chi connectivity index (χ2v) is 10.3. The quantitative estimate of drug-likeness (QED) is 0.605. The summed E-state index contributed by atoms with van der Waals surface area (Å²) >= 11 is 0. The molecule has 158 valence electrons. The predicted molar refractivity (Wildman–Crippen MR) is 123 cm³/mol. The van der Waals surface area contributed by atoms with Crippen LogP contribution in [0.2, 0.25) is 0 Å². The van der Waals surface area contributed by atoms with Gasteiger partial charge in [-0.1, -0.05) is 18.2 Å². The molecular formula is C27H29N3O. The van der Waals surface area contributed by atoms with Gasteiger partial charge in [-0.3, -0.25) is 9.78 Å². The number of benzene rings is 1. The van der Waals surface area contributed by atoms with Gasteiger partial charge in [-0.25, -0.2) is 4.98 Å². The number of carbonyl (C=O) groups is 1. The SMILES string of the molecule is C[C@H](NC(=O)c1cc(-c2cccnc2)nc2ccccc12)C12CC3CC(CC(C3)C1)C2. The zero-order valence-electron chi connectivity index (χ0n) is 18.1. The molecule has 4 fully saturated rings. The van der Waals surface area contributed by atoms with Gasteiger partial charge < -0.3 is 5.32 Å². The van der Waals surface area contributed by atoms with Crippen LogP contribution in [0.15, 0.2) is 54.9 Å². The van der Waals surface area contributed by atoms with Crippen molar-refractivity contribution in [1.82, 2.24) is 15.3 Å². The molecule has 0 saturated heterocycles. The summed E-state index contributed by atoms with van der Waals surface area (Å²) in [4.78, 5) is 22.6. The lowest BCUT2D eigenvalue weighted by Gasteiger charge is -2.59. The summed E-state index contributed by atoms with van der Waals surface area (Å²) in [5.74, 6) is 2.66. The van der Waals surface area contributed by atoms with Crippen molar-refractivity contribution in [3.05, 3.63) is 60.4 Å². The molecular weight excluding hydrogens is 382 g/mol. The molecule has 1 aromatic carbocycles. The van der Waals surface area contributed by atoms with Crippen LogP contribution in [-0.4, -0.2) is 21.9 Å². The second kappa shape index (κ2) is 7.15. The smallest absolute Gasteiger partial charge is 0.252 e. The average molecular weight is 412 g/mol. The Morgan fingerprint density at radius 2 is 1.74 bits per heavy atom. The van der Waals surface area contributed by atoms with E-state index in [1.54, 1.807) is 12.4 Å². The lowest BCUT2D eigenvalue weighted by atomic mass is 9.48. The van der Waals surface area contributed by atoms with Gasteiger partial charge in [0.1, 0.15) is 0 Å². The Bertz CT molecular complexity index is 1100. The van der Waals surface area contributed by atoms with Crippen molar-refractivity contribution in [2.24, 2.45) is 23.2 Å². The molecule has 3 aromatic rings. The fraction of sp³-hybridized carbons (Fsp3) is 0.444. The fourth-order valence-electron chi connectivity index (χ4n) is 7.16. The molecule has 7 rings (SSSR count). The van der Waals surface area contributed by atoms with E-state index in [2.05, 4.69) is 17.2 Å². The minimum Gasteiger partial charge on any atom is -0.349 e. The van der Waals surface area contributed by atoms with E-state index in [0.29, 0.717) is 11.0 Å². The molecule has 0 radical (unpaired) electrons. The van der Waals surface area contributed by atoms with Crippen LogP contribution in [0.3, 0.4) is 0 Å². The van der Waals surface area contributed by atoms with Crippen LogP contribution in [0.5, 0.6) is 0 Å². The largest absolute Gasteiger partial charge is 0.349 e. The Kier molecular flexibility index (Phi) is 4.38. The molecule has 2 heterocycles. The van der Waals surface area contributed by atoms with Gasteiger partial charge in [0.25, 0.3) is 5.91 Å². The minimum atomic E-state index is 0.0204. The zero-order valence-corrected chi connectivity index (χ0v) is 18.1. The van der Waals surface area contributed by atoms with Crippen molar-refractivity contribution < 1.29 is 4.79 Å². The molecule has 0 aliphatic heterocycles. The standard InChI is InChI=1S/C27H29N3O/c1-17(27-13-18-9-19(14-27)11-20(10-18)15-27)29-26(31)23-12-25(21-5-4-8-28-16-21)30-24-7-3-2-6-22(23)24/h2-8,12,16-20H,9-11,13-15H2,1H3,(H,29,31)/t17-,18?,19?,20?,27?/m0/s1. The lowest BCUT2D eigenvalue weighted by molar-refractivity contribution is -0.0687. The van der Waals surface area contributed by atoms with Crippen molar-refractivity contribution in [3.8, 4) is 11.3 Å². The van der Waals surface area contributed by atoms with E-state index >= 15 is 0 Å². The maximum atomic E-state index is 13.6. The van der Waals surface area contributed by atoms with E-state index in [4.69, 9.17) is 4.98 Å². The topological polar surface area (TPSA) is 54.9 Å². The highest BCUT2D eigenvalue weighted by atomic mass is 16.1.